The first-order chi connectivity index (χ1) is 10.0. The van der Waals surface area contributed by atoms with Crippen LogP contribution in [0.15, 0.2) is 46.9 Å². The second kappa shape index (κ2) is 6.72. The van der Waals surface area contributed by atoms with Crippen molar-refractivity contribution in [3.63, 3.8) is 0 Å². The SMILES string of the molecule is CCCN(C(=O)c1ccc(Br)cc1F)c1cccc(N)c1. The second-order valence-electron chi connectivity index (χ2n) is 4.68. The van der Waals surface area contributed by atoms with Gasteiger partial charge in [0.2, 0.25) is 0 Å². The first-order valence-electron chi connectivity index (χ1n) is 6.65. The topological polar surface area (TPSA) is 46.3 Å². The van der Waals surface area contributed by atoms with Crippen LogP contribution in [0.25, 0.3) is 0 Å². The standard InChI is InChI=1S/C16H16BrFN2O/c1-2-8-20(13-5-3-4-12(19)10-13)16(21)14-7-6-11(17)9-15(14)18/h3-7,9-10H,2,8,19H2,1H3. The van der Waals surface area contributed by atoms with Crippen LogP contribution in [0, 0.1) is 5.82 Å². The fourth-order valence-electron chi connectivity index (χ4n) is 2.07. The van der Waals surface area contributed by atoms with E-state index in [4.69, 9.17) is 5.73 Å². The number of halogens is 2. The Morgan fingerprint density at radius 3 is 2.67 bits per heavy atom. The van der Waals surface area contributed by atoms with Gasteiger partial charge in [0.1, 0.15) is 5.82 Å². The van der Waals surface area contributed by atoms with Crippen molar-refractivity contribution in [2.45, 2.75) is 13.3 Å². The van der Waals surface area contributed by atoms with Crippen LogP contribution in [0.2, 0.25) is 0 Å². The van der Waals surface area contributed by atoms with E-state index < -0.39 is 5.82 Å². The summed E-state index contributed by atoms with van der Waals surface area (Å²) >= 11 is 3.19. The number of nitrogens with two attached hydrogens (primary N) is 1. The van der Waals surface area contributed by atoms with Crippen LogP contribution in [-0.2, 0) is 0 Å². The van der Waals surface area contributed by atoms with Crippen LogP contribution >= 0.6 is 15.9 Å². The summed E-state index contributed by atoms with van der Waals surface area (Å²) < 4.78 is 14.6. The normalized spacial score (nSPS) is 10.4. The molecule has 110 valence electrons. The maximum absolute atomic E-state index is 14.0. The molecular formula is C16H16BrFN2O. The molecule has 0 aliphatic carbocycles. The van der Waals surface area contributed by atoms with Gasteiger partial charge in [-0.05, 0) is 42.8 Å². The molecule has 0 aliphatic heterocycles. The average Bonchev–Trinajstić information content (AvgIpc) is 2.44. The molecular weight excluding hydrogens is 335 g/mol. The number of rotatable bonds is 4. The first kappa shape index (κ1) is 15.5. The molecule has 2 N–H and O–H groups in total. The van der Waals surface area contributed by atoms with E-state index >= 15 is 0 Å². The monoisotopic (exact) mass is 350 g/mol. The number of nitrogen functional groups attached to an aromatic ring is 1. The fourth-order valence-corrected chi connectivity index (χ4v) is 2.41. The van der Waals surface area contributed by atoms with Crippen molar-refractivity contribution in [2.24, 2.45) is 0 Å². The van der Waals surface area contributed by atoms with E-state index in [1.54, 1.807) is 35.2 Å². The van der Waals surface area contributed by atoms with Gasteiger partial charge < -0.3 is 10.6 Å². The second-order valence-corrected chi connectivity index (χ2v) is 5.59. The Labute approximate surface area is 131 Å². The lowest BCUT2D eigenvalue weighted by molar-refractivity contribution is 0.0983. The molecule has 0 aliphatic rings. The Kier molecular flexibility index (Phi) is 4.96. The van der Waals surface area contributed by atoms with Crippen molar-refractivity contribution >= 4 is 33.2 Å². The molecule has 1 amide bonds. The smallest absolute Gasteiger partial charge is 0.261 e. The molecule has 0 heterocycles. The van der Waals surface area contributed by atoms with Gasteiger partial charge in [0, 0.05) is 22.4 Å². The molecule has 5 heteroatoms. The maximum Gasteiger partial charge on any atom is 0.261 e. The number of benzene rings is 2. The predicted molar refractivity (Wildman–Crippen MR) is 86.9 cm³/mol. The Hall–Kier alpha value is -1.88. The van der Waals surface area contributed by atoms with E-state index in [-0.39, 0.29) is 11.5 Å². The number of hydrogen-bond donors (Lipinski definition) is 1. The summed E-state index contributed by atoms with van der Waals surface area (Å²) in [5, 5.41) is 0. The van der Waals surface area contributed by atoms with E-state index in [1.807, 2.05) is 6.92 Å². The first-order valence-corrected chi connectivity index (χ1v) is 7.44. The summed E-state index contributed by atoms with van der Waals surface area (Å²) in [5.74, 6) is -0.910. The van der Waals surface area contributed by atoms with E-state index in [9.17, 15) is 9.18 Å². The van der Waals surface area contributed by atoms with Crippen LogP contribution in [-0.4, -0.2) is 12.5 Å². The lowest BCUT2D eigenvalue weighted by Crippen LogP contribution is -2.32. The highest BCUT2D eigenvalue weighted by atomic mass is 79.9. The van der Waals surface area contributed by atoms with Crippen LogP contribution in [0.1, 0.15) is 23.7 Å². The van der Waals surface area contributed by atoms with Gasteiger partial charge in [0.05, 0.1) is 5.56 Å². The molecule has 2 aromatic carbocycles. The summed E-state index contributed by atoms with van der Waals surface area (Å²) in [6, 6.07) is 11.5. The molecule has 0 unspecified atom stereocenters. The average molecular weight is 351 g/mol. The van der Waals surface area contributed by atoms with Gasteiger partial charge >= 0.3 is 0 Å². The van der Waals surface area contributed by atoms with Gasteiger partial charge in [-0.2, -0.15) is 0 Å². The van der Waals surface area contributed by atoms with Gasteiger partial charge in [-0.1, -0.05) is 28.9 Å². The molecule has 2 rings (SSSR count). The number of amides is 1. The van der Waals surface area contributed by atoms with Crippen molar-refractivity contribution in [1.82, 2.24) is 0 Å². The third kappa shape index (κ3) is 3.61. The minimum atomic E-state index is -0.542. The molecule has 0 saturated heterocycles. The van der Waals surface area contributed by atoms with Crippen LogP contribution in [0.5, 0.6) is 0 Å². The zero-order valence-electron chi connectivity index (χ0n) is 11.6. The highest BCUT2D eigenvalue weighted by Gasteiger charge is 2.20. The Balaban J connectivity index is 2.40. The van der Waals surface area contributed by atoms with Gasteiger partial charge in [0.25, 0.3) is 5.91 Å². The number of anilines is 2. The van der Waals surface area contributed by atoms with E-state index in [0.717, 1.165) is 6.42 Å². The van der Waals surface area contributed by atoms with Gasteiger partial charge in [0.15, 0.2) is 0 Å². The van der Waals surface area contributed by atoms with Crippen LogP contribution < -0.4 is 10.6 Å². The summed E-state index contributed by atoms with van der Waals surface area (Å²) in [4.78, 5) is 14.2. The van der Waals surface area contributed by atoms with E-state index in [2.05, 4.69) is 15.9 Å². The Bertz CT molecular complexity index is 660. The molecule has 0 aromatic heterocycles. The molecule has 0 spiro atoms. The summed E-state index contributed by atoms with van der Waals surface area (Å²) in [6.45, 7) is 2.46. The Morgan fingerprint density at radius 1 is 1.29 bits per heavy atom. The van der Waals surface area contributed by atoms with Gasteiger partial charge in [-0.3, -0.25) is 4.79 Å². The van der Waals surface area contributed by atoms with Gasteiger partial charge in [-0.25, -0.2) is 4.39 Å². The van der Waals surface area contributed by atoms with Crippen molar-refractivity contribution in [3.05, 3.63) is 58.3 Å². The molecule has 3 nitrogen and oxygen atoms in total. The third-order valence-electron chi connectivity index (χ3n) is 3.04. The lowest BCUT2D eigenvalue weighted by Gasteiger charge is -2.23. The number of hydrogen-bond acceptors (Lipinski definition) is 2. The summed E-state index contributed by atoms with van der Waals surface area (Å²) in [7, 11) is 0. The summed E-state index contributed by atoms with van der Waals surface area (Å²) in [5.41, 5.74) is 7.05. The molecule has 0 bridgehead atoms. The molecule has 0 fully saturated rings. The summed E-state index contributed by atoms with van der Waals surface area (Å²) in [6.07, 6.45) is 0.763. The largest absolute Gasteiger partial charge is 0.399 e. The lowest BCUT2D eigenvalue weighted by atomic mass is 10.1. The van der Waals surface area contributed by atoms with Crippen molar-refractivity contribution in [3.8, 4) is 0 Å². The molecule has 2 aromatic rings. The van der Waals surface area contributed by atoms with E-state index in [1.165, 1.54) is 12.1 Å². The predicted octanol–water partition coefficient (Wildman–Crippen LogP) is 4.23. The van der Waals surface area contributed by atoms with Crippen LogP contribution in [0.4, 0.5) is 15.8 Å². The highest BCUT2D eigenvalue weighted by molar-refractivity contribution is 9.10. The minimum absolute atomic E-state index is 0.0501. The van der Waals surface area contributed by atoms with Crippen molar-refractivity contribution in [1.29, 1.82) is 0 Å². The van der Waals surface area contributed by atoms with E-state index in [0.29, 0.717) is 22.4 Å². The number of nitrogens with zero attached hydrogens (tertiary/aromatic N) is 1. The maximum atomic E-state index is 14.0. The van der Waals surface area contributed by atoms with Gasteiger partial charge in [-0.15, -0.1) is 0 Å². The quantitative estimate of drug-likeness (QED) is 0.838. The van der Waals surface area contributed by atoms with Crippen LogP contribution in [0.3, 0.4) is 0 Å². The molecule has 0 saturated carbocycles. The molecule has 21 heavy (non-hydrogen) atoms. The minimum Gasteiger partial charge on any atom is -0.399 e. The Morgan fingerprint density at radius 2 is 2.05 bits per heavy atom. The zero-order valence-corrected chi connectivity index (χ0v) is 13.2. The highest BCUT2D eigenvalue weighted by Crippen LogP contribution is 2.23. The number of carbonyl (C=O) groups excluding carboxylic acids is 1. The fraction of sp³-hybridized carbons (Fsp3) is 0.188. The molecule has 0 radical (unpaired) electrons. The third-order valence-corrected chi connectivity index (χ3v) is 3.53. The van der Waals surface area contributed by atoms with Crippen molar-refractivity contribution in [2.75, 3.05) is 17.2 Å². The molecule has 0 atom stereocenters. The van der Waals surface area contributed by atoms with Crippen molar-refractivity contribution < 1.29 is 9.18 Å². The zero-order chi connectivity index (χ0) is 15.4. The number of carbonyl (C=O) groups is 1.